The SMILES string of the molecule is O=C(NCC(F)(F)F)C1CCN(C(=O)c2ccc(S(=O)(=O)N3CCCCC3)cc2)CC1. The molecule has 3 rings (SSSR count). The highest BCUT2D eigenvalue weighted by Crippen LogP contribution is 2.23. The van der Waals surface area contributed by atoms with E-state index in [2.05, 4.69) is 0 Å². The van der Waals surface area contributed by atoms with Crippen LogP contribution in [0.5, 0.6) is 0 Å². The summed E-state index contributed by atoms with van der Waals surface area (Å²) in [6, 6.07) is 5.80. The van der Waals surface area contributed by atoms with Crippen molar-refractivity contribution in [3.05, 3.63) is 29.8 Å². The number of likely N-dealkylation sites (tertiary alicyclic amines) is 1. The lowest BCUT2D eigenvalue weighted by Crippen LogP contribution is -2.44. The molecule has 2 aliphatic rings. The normalized spacial score (nSPS) is 19.3. The number of nitrogens with zero attached hydrogens (tertiary/aromatic N) is 2. The highest BCUT2D eigenvalue weighted by Gasteiger charge is 2.32. The lowest BCUT2D eigenvalue weighted by atomic mass is 9.95. The lowest BCUT2D eigenvalue weighted by Gasteiger charge is -2.31. The Balaban J connectivity index is 1.56. The zero-order chi connectivity index (χ0) is 22.6. The van der Waals surface area contributed by atoms with Gasteiger partial charge in [-0.25, -0.2) is 8.42 Å². The van der Waals surface area contributed by atoms with Crippen LogP contribution in [-0.2, 0) is 14.8 Å². The molecule has 2 saturated heterocycles. The van der Waals surface area contributed by atoms with Gasteiger partial charge in [0.15, 0.2) is 0 Å². The highest BCUT2D eigenvalue weighted by atomic mass is 32.2. The summed E-state index contributed by atoms with van der Waals surface area (Å²) in [7, 11) is -3.58. The van der Waals surface area contributed by atoms with Gasteiger partial charge in [-0.3, -0.25) is 9.59 Å². The fourth-order valence-corrected chi connectivity index (χ4v) is 5.40. The number of benzene rings is 1. The van der Waals surface area contributed by atoms with Crippen molar-refractivity contribution < 1.29 is 31.2 Å². The first-order chi connectivity index (χ1) is 14.6. The average molecular weight is 462 g/mol. The Bertz CT molecular complexity index is 889. The van der Waals surface area contributed by atoms with Crippen molar-refractivity contribution >= 4 is 21.8 Å². The van der Waals surface area contributed by atoms with Crippen LogP contribution in [0.1, 0.15) is 42.5 Å². The molecular formula is C20H26F3N3O4S. The second-order valence-electron chi connectivity index (χ2n) is 7.89. The zero-order valence-electron chi connectivity index (χ0n) is 17.0. The third kappa shape index (κ3) is 5.97. The van der Waals surface area contributed by atoms with Gasteiger partial charge >= 0.3 is 6.18 Å². The summed E-state index contributed by atoms with van der Waals surface area (Å²) in [6.07, 6.45) is -1.23. The number of piperidine rings is 2. The van der Waals surface area contributed by atoms with Crippen molar-refractivity contribution in [3.8, 4) is 0 Å². The number of carbonyl (C=O) groups excluding carboxylic acids is 2. The van der Waals surface area contributed by atoms with Crippen molar-refractivity contribution in [1.82, 2.24) is 14.5 Å². The van der Waals surface area contributed by atoms with Gasteiger partial charge in [-0.1, -0.05) is 6.42 Å². The van der Waals surface area contributed by atoms with Gasteiger partial charge in [-0.15, -0.1) is 0 Å². The van der Waals surface area contributed by atoms with Crippen molar-refractivity contribution in [2.24, 2.45) is 5.92 Å². The van der Waals surface area contributed by atoms with Crippen LogP contribution >= 0.6 is 0 Å². The summed E-state index contributed by atoms with van der Waals surface area (Å²) >= 11 is 0. The minimum absolute atomic E-state index is 0.144. The summed E-state index contributed by atoms with van der Waals surface area (Å²) in [5.74, 6) is -1.52. The number of carbonyl (C=O) groups is 2. The quantitative estimate of drug-likeness (QED) is 0.730. The summed E-state index contributed by atoms with van der Waals surface area (Å²) in [6.45, 7) is 0.119. The molecule has 1 aromatic carbocycles. The van der Waals surface area contributed by atoms with E-state index in [9.17, 15) is 31.2 Å². The molecule has 0 unspecified atom stereocenters. The molecule has 2 aliphatic heterocycles. The highest BCUT2D eigenvalue weighted by molar-refractivity contribution is 7.89. The third-order valence-electron chi connectivity index (χ3n) is 5.67. The van der Waals surface area contributed by atoms with Crippen molar-refractivity contribution in [3.63, 3.8) is 0 Å². The van der Waals surface area contributed by atoms with Crippen molar-refractivity contribution in [1.29, 1.82) is 0 Å². The van der Waals surface area contributed by atoms with Crippen LogP contribution in [0.4, 0.5) is 13.2 Å². The van der Waals surface area contributed by atoms with Gasteiger partial charge in [-0.05, 0) is 49.9 Å². The first-order valence-corrected chi connectivity index (χ1v) is 11.8. The molecule has 0 atom stereocenters. The molecule has 1 N–H and O–H groups in total. The largest absolute Gasteiger partial charge is 0.405 e. The standard InChI is InChI=1S/C20H26F3N3O4S/c21-20(22,23)14-24-18(27)15-8-12-25(13-9-15)19(28)16-4-6-17(7-5-16)31(29,30)26-10-2-1-3-11-26/h4-7,15H,1-3,8-14H2,(H,24,27). The minimum atomic E-state index is -4.46. The number of hydrogen-bond acceptors (Lipinski definition) is 4. The molecule has 11 heteroatoms. The van der Waals surface area contributed by atoms with E-state index in [1.54, 1.807) is 0 Å². The Kier molecular flexibility index (Phi) is 7.25. The summed E-state index contributed by atoms with van der Waals surface area (Å²) < 4.78 is 63.6. The molecule has 2 fully saturated rings. The van der Waals surface area contributed by atoms with E-state index in [4.69, 9.17) is 0 Å². The van der Waals surface area contributed by atoms with Crippen LogP contribution in [0.2, 0.25) is 0 Å². The summed E-state index contributed by atoms with van der Waals surface area (Å²) in [4.78, 5) is 26.3. The Hall–Kier alpha value is -2.14. The molecule has 1 aromatic rings. The smallest absolute Gasteiger partial charge is 0.347 e. The van der Waals surface area contributed by atoms with Gasteiger partial charge in [0.25, 0.3) is 5.91 Å². The third-order valence-corrected chi connectivity index (χ3v) is 7.58. The van der Waals surface area contributed by atoms with Crippen LogP contribution in [0.15, 0.2) is 29.2 Å². The van der Waals surface area contributed by atoms with E-state index in [0.29, 0.717) is 18.7 Å². The maximum atomic E-state index is 12.7. The predicted octanol–water partition coefficient (Wildman–Crippen LogP) is 2.39. The van der Waals surface area contributed by atoms with Crippen molar-refractivity contribution in [2.75, 3.05) is 32.7 Å². The Morgan fingerprint density at radius 2 is 1.55 bits per heavy atom. The first-order valence-electron chi connectivity index (χ1n) is 10.3. The predicted molar refractivity (Wildman–Crippen MR) is 107 cm³/mol. The number of alkyl halides is 3. The molecule has 0 bridgehead atoms. The van der Waals surface area contributed by atoms with Gasteiger partial charge in [0.2, 0.25) is 15.9 Å². The van der Waals surface area contributed by atoms with Crippen LogP contribution in [0.25, 0.3) is 0 Å². The molecule has 0 saturated carbocycles. The maximum Gasteiger partial charge on any atom is 0.405 e. The zero-order valence-corrected chi connectivity index (χ0v) is 17.8. The molecular weight excluding hydrogens is 435 g/mol. The molecule has 0 aromatic heterocycles. The fraction of sp³-hybridized carbons (Fsp3) is 0.600. The van der Waals surface area contributed by atoms with Crippen LogP contribution < -0.4 is 5.32 Å². The van der Waals surface area contributed by atoms with E-state index >= 15 is 0 Å². The molecule has 31 heavy (non-hydrogen) atoms. The first kappa shape index (κ1) is 23.5. The number of sulfonamides is 1. The Morgan fingerprint density at radius 1 is 0.968 bits per heavy atom. The molecule has 0 spiro atoms. The summed E-state index contributed by atoms with van der Waals surface area (Å²) in [5, 5.41) is 1.89. The maximum absolute atomic E-state index is 12.7. The van der Waals surface area contributed by atoms with Crippen LogP contribution in [-0.4, -0.2) is 68.3 Å². The summed E-state index contributed by atoms with van der Waals surface area (Å²) in [5.41, 5.74) is 0.331. The van der Waals surface area contributed by atoms with Gasteiger partial charge in [0.1, 0.15) is 6.54 Å². The number of hydrogen-bond donors (Lipinski definition) is 1. The van der Waals surface area contributed by atoms with E-state index in [0.717, 1.165) is 19.3 Å². The van der Waals surface area contributed by atoms with Crippen molar-refractivity contribution in [2.45, 2.75) is 43.2 Å². The van der Waals surface area contributed by atoms with E-state index in [-0.39, 0.29) is 36.7 Å². The Morgan fingerprint density at radius 3 is 2.10 bits per heavy atom. The monoisotopic (exact) mass is 461 g/mol. The Labute approximate surface area is 179 Å². The molecule has 7 nitrogen and oxygen atoms in total. The number of halogens is 3. The fourth-order valence-electron chi connectivity index (χ4n) is 3.88. The number of amides is 2. The van der Waals surface area contributed by atoms with Gasteiger partial charge in [0.05, 0.1) is 4.90 Å². The van der Waals surface area contributed by atoms with Crippen LogP contribution in [0, 0.1) is 5.92 Å². The molecule has 2 amide bonds. The van der Waals surface area contributed by atoms with Crippen LogP contribution in [0.3, 0.4) is 0 Å². The number of nitrogens with one attached hydrogen (secondary N) is 1. The molecule has 0 radical (unpaired) electrons. The second kappa shape index (κ2) is 9.56. The van der Waals surface area contributed by atoms with Gasteiger partial charge < -0.3 is 10.2 Å². The van der Waals surface area contributed by atoms with Gasteiger partial charge in [-0.2, -0.15) is 17.5 Å². The van der Waals surface area contributed by atoms with E-state index in [1.165, 1.54) is 33.5 Å². The molecule has 0 aliphatic carbocycles. The number of rotatable bonds is 5. The molecule has 2 heterocycles. The van der Waals surface area contributed by atoms with E-state index < -0.39 is 34.6 Å². The van der Waals surface area contributed by atoms with Gasteiger partial charge in [0, 0.05) is 37.7 Å². The lowest BCUT2D eigenvalue weighted by molar-refractivity contribution is -0.141. The minimum Gasteiger partial charge on any atom is -0.347 e. The topological polar surface area (TPSA) is 86.8 Å². The van der Waals surface area contributed by atoms with E-state index in [1.807, 2.05) is 5.32 Å². The average Bonchev–Trinajstić information content (AvgIpc) is 2.77. The molecule has 172 valence electrons. The second-order valence-corrected chi connectivity index (χ2v) is 9.83.